The second kappa shape index (κ2) is 7.52. The number of hydrogen-bond donors (Lipinski definition) is 0. The minimum Gasteiger partial charge on any atom is -0.492 e. The van der Waals surface area contributed by atoms with Crippen molar-refractivity contribution in [3.63, 3.8) is 0 Å². The van der Waals surface area contributed by atoms with E-state index in [2.05, 4.69) is 31.0 Å². The minimum absolute atomic E-state index is 0.748. The van der Waals surface area contributed by atoms with Gasteiger partial charge >= 0.3 is 0 Å². The van der Waals surface area contributed by atoms with Gasteiger partial charge in [-0.2, -0.15) is 0 Å². The van der Waals surface area contributed by atoms with E-state index in [0.717, 1.165) is 37.0 Å². The number of aryl methyl sites for hydroxylation is 1. The fourth-order valence-electron chi connectivity index (χ4n) is 2.92. The van der Waals surface area contributed by atoms with Crippen LogP contribution in [0.5, 0.6) is 5.75 Å². The van der Waals surface area contributed by atoms with Gasteiger partial charge in [-0.05, 0) is 43.2 Å². The topological polar surface area (TPSA) is 22.1 Å². The van der Waals surface area contributed by atoms with Crippen LogP contribution in [-0.4, -0.2) is 11.6 Å². The van der Waals surface area contributed by atoms with Crippen LogP contribution in [0.25, 0.3) is 0 Å². The molecule has 0 bridgehead atoms. The summed E-state index contributed by atoms with van der Waals surface area (Å²) in [5.74, 6) is 2.64. The number of nitrogens with zero attached hydrogens (tertiary/aromatic N) is 1. The standard InChI is InChI=1S/C17H27NO/c1-3-5-16-10-11-17(12-18-16)19-13-15-8-6-14(4-2)7-9-15/h10-12,14-15H,3-9,13H2,1-2H3. The Balaban J connectivity index is 1.73. The van der Waals surface area contributed by atoms with Crippen LogP contribution in [0.15, 0.2) is 18.3 Å². The van der Waals surface area contributed by atoms with E-state index in [1.807, 2.05) is 6.20 Å². The summed E-state index contributed by atoms with van der Waals surface area (Å²) in [6, 6.07) is 4.16. The SMILES string of the molecule is CCCc1ccc(OCC2CCC(CC)CC2)cn1. The van der Waals surface area contributed by atoms with Crippen LogP contribution < -0.4 is 4.74 Å². The summed E-state index contributed by atoms with van der Waals surface area (Å²) in [6.07, 6.45) is 10.9. The number of pyridine rings is 1. The first-order chi connectivity index (χ1) is 9.31. The van der Waals surface area contributed by atoms with E-state index in [4.69, 9.17) is 4.74 Å². The second-order valence-corrected chi connectivity index (χ2v) is 5.84. The molecule has 1 heterocycles. The minimum atomic E-state index is 0.748. The van der Waals surface area contributed by atoms with Gasteiger partial charge in [0.2, 0.25) is 0 Å². The van der Waals surface area contributed by atoms with Crippen molar-refractivity contribution in [2.75, 3.05) is 6.61 Å². The van der Waals surface area contributed by atoms with E-state index in [9.17, 15) is 0 Å². The molecule has 2 nitrogen and oxygen atoms in total. The van der Waals surface area contributed by atoms with Crippen LogP contribution in [0, 0.1) is 11.8 Å². The number of rotatable bonds is 6. The third kappa shape index (κ3) is 4.52. The van der Waals surface area contributed by atoms with Crippen LogP contribution in [-0.2, 0) is 6.42 Å². The third-order valence-corrected chi connectivity index (χ3v) is 4.33. The van der Waals surface area contributed by atoms with Crippen molar-refractivity contribution in [1.82, 2.24) is 4.98 Å². The van der Waals surface area contributed by atoms with Crippen molar-refractivity contribution in [3.8, 4) is 5.75 Å². The first-order valence-electron chi connectivity index (χ1n) is 7.89. The highest BCUT2D eigenvalue weighted by atomic mass is 16.5. The first-order valence-corrected chi connectivity index (χ1v) is 7.89. The lowest BCUT2D eigenvalue weighted by Crippen LogP contribution is -2.19. The molecule has 1 aromatic heterocycles. The first kappa shape index (κ1) is 14.4. The quantitative estimate of drug-likeness (QED) is 0.745. The summed E-state index contributed by atoms with van der Waals surface area (Å²) >= 11 is 0. The summed E-state index contributed by atoms with van der Waals surface area (Å²) in [7, 11) is 0. The average molecular weight is 261 g/mol. The van der Waals surface area contributed by atoms with Gasteiger partial charge in [0, 0.05) is 5.69 Å². The van der Waals surface area contributed by atoms with E-state index >= 15 is 0 Å². The fraction of sp³-hybridized carbons (Fsp3) is 0.706. The Morgan fingerprint density at radius 1 is 1.11 bits per heavy atom. The lowest BCUT2D eigenvalue weighted by molar-refractivity contribution is 0.180. The Labute approximate surface area is 117 Å². The zero-order valence-electron chi connectivity index (χ0n) is 12.4. The smallest absolute Gasteiger partial charge is 0.137 e. The molecule has 0 aliphatic heterocycles. The van der Waals surface area contributed by atoms with Crippen molar-refractivity contribution in [3.05, 3.63) is 24.0 Å². The summed E-state index contributed by atoms with van der Waals surface area (Å²) in [5, 5.41) is 0. The molecule has 0 aromatic carbocycles. The molecule has 106 valence electrons. The molecule has 0 N–H and O–H groups in total. The van der Waals surface area contributed by atoms with Crippen molar-refractivity contribution >= 4 is 0 Å². The molecule has 0 radical (unpaired) electrons. The summed E-state index contributed by atoms with van der Waals surface area (Å²) in [6.45, 7) is 5.36. The van der Waals surface area contributed by atoms with Gasteiger partial charge in [-0.25, -0.2) is 0 Å². The predicted molar refractivity (Wildman–Crippen MR) is 79.5 cm³/mol. The Morgan fingerprint density at radius 3 is 2.42 bits per heavy atom. The van der Waals surface area contributed by atoms with Gasteiger partial charge in [0.1, 0.15) is 5.75 Å². The summed E-state index contributed by atoms with van der Waals surface area (Å²) in [4.78, 5) is 4.43. The monoisotopic (exact) mass is 261 g/mol. The zero-order chi connectivity index (χ0) is 13.5. The summed E-state index contributed by atoms with van der Waals surface area (Å²) < 4.78 is 5.88. The number of aromatic nitrogens is 1. The number of hydrogen-bond acceptors (Lipinski definition) is 2. The van der Waals surface area contributed by atoms with E-state index < -0.39 is 0 Å². The maximum Gasteiger partial charge on any atom is 0.137 e. The Bertz CT molecular complexity index is 352. The maximum absolute atomic E-state index is 5.88. The van der Waals surface area contributed by atoms with Crippen LogP contribution in [0.4, 0.5) is 0 Å². The van der Waals surface area contributed by atoms with Crippen LogP contribution in [0.2, 0.25) is 0 Å². The highest BCUT2D eigenvalue weighted by Gasteiger charge is 2.20. The maximum atomic E-state index is 5.88. The van der Waals surface area contributed by atoms with Gasteiger partial charge in [-0.15, -0.1) is 0 Å². The molecule has 1 saturated carbocycles. The lowest BCUT2D eigenvalue weighted by atomic mass is 9.81. The van der Waals surface area contributed by atoms with Crippen molar-refractivity contribution in [2.45, 2.75) is 58.8 Å². The van der Waals surface area contributed by atoms with Crippen LogP contribution in [0.1, 0.15) is 58.1 Å². The molecule has 0 amide bonds. The molecule has 0 spiro atoms. The molecule has 19 heavy (non-hydrogen) atoms. The molecule has 1 aliphatic rings. The second-order valence-electron chi connectivity index (χ2n) is 5.84. The van der Waals surface area contributed by atoms with E-state index in [1.165, 1.54) is 37.8 Å². The van der Waals surface area contributed by atoms with Gasteiger partial charge in [0.05, 0.1) is 12.8 Å². The van der Waals surface area contributed by atoms with E-state index in [1.54, 1.807) is 0 Å². The predicted octanol–water partition coefficient (Wildman–Crippen LogP) is 4.63. The van der Waals surface area contributed by atoms with Crippen molar-refractivity contribution in [2.24, 2.45) is 11.8 Å². The Kier molecular flexibility index (Phi) is 5.68. The zero-order valence-corrected chi connectivity index (χ0v) is 12.4. The van der Waals surface area contributed by atoms with Gasteiger partial charge < -0.3 is 4.74 Å². The van der Waals surface area contributed by atoms with Crippen LogP contribution in [0.3, 0.4) is 0 Å². The van der Waals surface area contributed by atoms with E-state index in [-0.39, 0.29) is 0 Å². The molecule has 2 rings (SSSR count). The molecule has 1 fully saturated rings. The van der Waals surface area contributed by atoms with Gasteiger partial charge in [0.15, 0.2) is 0 Å². The molecule has 0 atom stereocenters. The molecule has 1 aromatic rings. The van der Waals surface area contributed by atoms with Gasteiger partial charge in [-0.3, -0.25) is 4.98 Å². The summed E-state index contributed by atoms with van der Waals surface area (Å²) in [5.41, 5.74) is 1.17. The van der Waals surface area contributed by atoms with Gasteiger partial charge in [-0.1, -0.05) is 39.5 Å². The fourth-order valence-corrected chi connectivity index (χ4v) is 2.92. The normalized spacial score (nSPS) is 23.3. The van der Waals surface area contributed by atoms with Crippen molar-refractivity contribution in [1.29, 1.82) is 0 Å². The molecule has 0 saturated heterocycles. The molecule has 1 aliphatic carbocycles. The number of ether oxygens (including phenoxy) is 1. The average Bonchev–Trinajstić information content (AvgIpc) is 2.47. The van der Waals surface area contributed by atoms with Crippen LogP contribution >= 0.6 is 0 Å². The van der Waals surface area contributed by atoms with Gasteiger partial charge in [0.25, 0.3) is 0 Å². The lowest BCUT2D eigenvalue weighted by Gasteiger charge is -2.27. The van der Waals surface area contributed by atoms with E-state index in [0.29, 0.717) is 0 Å². The Morgan fingerprint density at radius 2 is 1.84 bits per heavy atom. The highest BCUT2D eigenvalue weighted by molar-refractivity contribution is 5.19. The third-order valence-electron chi connectivity index (χ3n) is 4.33. The highest BCUT2D eigenvalue weighted by Crippen LogP contribution is 2.30. The molecule has 2 heteroatoms. The Hall–Kier alpha value is -1.05. The molecular formula is C17H27NO. The molecular weight excluding hydrogens is 234 g/mol. The van der Waals surface area contributed by atoms with Crippen molar-refractivity contribution < 1.29 is 4.74 Å². The molecule has 0 unspecified atom stereocenters. The largest absolute Gasteiger partial charge is 0.492 e.